The minimum atomic E-state index is -0.732. The van der Waals surface area contributed by atoms with E-state index in [2.05, 4.69) is 15.1 Å². The number of hydrogen-bond donors (Lipinski definition) is 1. The minimum absolute atomic E-state index is 0.0157. The van der Waals surface area contributed by atoms with E-state index in [9.17, 15) is 9.18 Å². The standard InChI is InChI=1S/C24H20F2N4O3S/c1-4-14-16(25)6-5-12-9-13(33-11-32-2)10-15(18(12)14)22-20(26)21-19(17-7-8-27-30(17)22)23(31)29-24(28-21)34-3/h5-10H,4,11H2,1-3H3,(H,28,29,31). The summed E-state index contributed by atoms with van der Waals surface area (Å²) in [6.07, 6.45) is 3.61. The number of aryl methyl sites for hydroxylation is 1. The van der Waals surface area contributed by atoms with Crippen LogP contribution in [0.2, 0.25) is 0 Å². The van der Waals surface area contributed by atoms with Crippen LogP contribution in [0.4, 0.5) is 8.78 Å². The molecular formula is C24H20F2N4O3S. The van der Waals surface area contributed by atoms with E-state index in [-0.39, 0.29) is 34.4 Å². The van der Waals surface area contributed by atoms with E-state index >= 15 is 4.39 Å². The van der Waals surface area contributed by atoms with E-state index in [1.54, 1.807) is 30.5 Å². The zero-order valence-electron chi connectivity index (χ0n) is 18.6. The number of hydrogen-bond acceptors (Lipinski definition) is 6. The molecule has 0 bridgehead atoms. The zero-order chi connectivity index (χ0) is 24.0. The predicted octanol–water partition coefficient (Wildman–Crippen LogP) is 4.94. The maximum absolute atomic E-state index is 16.3. The van der Waals surface area contributed by atoms with Gasteiger partial charge < -0.3 is 14.5 Å². The Labute approximate surface area is 196 Å². The maximum atomic E-state index is 16.3. The smallest absolute Gasteiger partial charge is 0.261 e. The Kier molecular flexibility index (Phi) is 5.70. The highest BCUT2D eigenvalue weighted by atomic mass is 32.2. The molecule has 2 aromatic carbocycles. The average molecular weight is 483 g/mol. The Morgan fingerprint density at radius 2 is 2.00 bits per heavy atom. The number of H-pyrrole nitrogens is 1. The van der Waals surface area contributed by atoms with Gasteiger partial charge in [0.05, 0.1) is 17.1 Å². The van der Waals surface area contributed by atoms with Crippen molar-refractivity contribution in [2.75, 3.05) is 20.2 Å². The van der Waals surface area contributed by atoms with E-state index in [0.717, 1.165) is 0 Å². The summed E-state index contributed by atoms with van der Waals surface area (Å²) in [6.45, 7) is 1.82. The van der Waals surface area contributed by atoms with Gasteiger partial charge in [0.1, 0.15) is 22.8 Å². The molecule has 3 heterocycles. The Hall–Kier alpha value is -3.50. The molecule has 0 radical (unpaired) electrons. The highest BCUT2D eigenvalue weighted by molar-refractivity contribution is 7.98. The summed E-state index contributed by atoms with van der Waals surface area (Å²) in [5, 5.41) is 5.89. The number of fused-ring (bicyclic) bond motifs is 4. The molecule has 0 aliphatic heterocycles. The van der Waals surface area contributed by atoms with Gasteiger partial charge in [0.15, 0.2) is 17.8 Å². The Balaban J connectivity index is 1.98. The number of pyridine rings is 1. The van der Waals surface area contributed by atoms with Gasteiger partial charge >= 0.3 is 0 Å². The molecule has 0 unspecified atom stereocenters. The van der Waals surface area contributed by atoms with Gasteiger partial charge in [-0.15, -0.1) is 0 Å². The first-order chi connectivity index (χ1) is 16.5. The molecule has 0 atom stereocenters. The topological polar surface area (TPSA) is 81.5 Å². The van der Waals surface area contributed by atoms with Crippen LogP contribution in [0, 0.1) is 11.6 Å². The maximum Gasteiger partial charge on any atom is 0.261 e. The van der Waals surface area contributed by atoms with Crippen molar-refractivity contribution in [1.82, 2.24) is 19.6 Å². The van der Waals surface area contributed by atoms with Gasteiger partial charge in [-0.2, -0.15) is 5.10 Å². The van der Waals surface area contributed by atoms with Crippen LogP contribution >= 0.6 is 11.8 Å². The molecule has 7 nitrogen and oxygen atoms in total. The van der Waals surface area contributed by atoms with Crippen molar-refractivity contribution in [3.63, 3.8) is 0 Å². The molecule has 3 aromatic heterocycles. The highest BCUT2D eigenvalue weighted by Crippen LogP contribution is 2.39. The largest absolute Gasteiger partial charge is 0.468 e. The van der Waals surface area contributed by atoms with Crippen molar-refractivity contribution in [3.8, 4) is 17.0 Å². The molecule has 0 fully saturated rings. The summed E-state index contributed by atoms with van der Waals surface area (Å²) in [5.74, 6) is -0.704. The molecule has 0 saturated carbocycles. The quantitative estimate of drug-likeness (QED) is 0.210. The van der Waals surface area contributed by atoms with Crippen molar-refractivity contribution in [3.05, 3.63) is 64.1 Å². The number of methoxy groups -OCH3 is 1. The van der Waals surface area contributed by atoms with Crippen LogP contribution in [-0.2, 0) is 11.2 Å². The molecule has 174 valence electrons. The number of benzene rings is 2. The third-order valence-corrected chi connectivity index (χ3v) is 6.29. The highest BCUT2D eigenvalue weighted by Gasteiger charge is 2.24. The van der Waals surface area contributed by atoms with Crippen LogP contribution in [0.15, 0.2) is 46.5 Å². The van der Waals surface area contributed by atoms with Gasteiger partial charge in [-0.25, -0.2) is 18.3 Å². The minimum Gasteiger partial charge on any atom is -0.468 e. The summed E-state index contributed by atoms with van der Waals surface area (Å²) in [7, 11) is 1.50. The van der Waals surface area contributed by atoms with Crippen LogP contribution in [0.5, 0.6) is 5.75 Å². The van der Waals surface area contributed by atoms with Crippen LogP contribution in [0.3, 0.4) is 0 Å². The number of thioether (sulfide) groups is 1. The van der Waals surface area contributed by atoms with Crippen LogP contribution in [-0.4, -0.2) is 39.7 Å². The molecule has 1 N–H and O–H groups in total. The van der Waals surface area contributed by atoms with Crippen molar-refractivity contribution in [2.45, 2.75) is 18.5 Å². The Morgan fingerprint density at radius 3 is 2.74 bits per heavy atom. The van der Waals surface area contributed by atoms with Crippen LogP contribution in [0.1, 0.15) is 12.5 Å². The zero-order valence-corrected chi connectivity index (χ0v) is 19.4. The second-order valence-electron chi connectivity index (χ2n) is 7.59. The van der Waals surface area contributed by atoms with Crippen molar-refractivity contribution >= 4 is 39.0 Å². The van der Waals surface area contributed by atoms with E-state index in [1.165, 1.54) is 35.7 Å². The number of rotatable bonds is 6. The normalized spacial score (nSPS) is 11.7. The lowest BCUT2D eigenvalue weighted by Gasteiger charge is -2.17. The van der Waals surface area contributed by atoms with Crippen molar-refractivity contribution < 1.29 is 18.3 Å². The van der Waals surface area contributed by atoms with Gasteiger partial charge in [0.2, 0.25) is 0 Å². The Bertz CT molecular complexity index is 1630. The van der Waals surface area contributed by atoms with Gasteiger partial charge in [0.25, 0.3) is 5.56 Å². The summed E-state index contributed by atoms with van der Waals surface area (Å²) < 4.78 is 43.2. The lowest BCUT2D eigenvalue weighted by molar-refractivity contribution is 0.0512. The van der Waals surface area contributed by atoms with Gasteiger partial charge in [-0.05, 0) is 53.3 Å². The molecule has 0 aliphatic carbocycles. The molecule has 34 heavy (non-hydrogen) atoms. The first-order valence-corrected chi connectivity index (χ1v) is 11.7. The number of nitrogens with zero attached hydrogens (tertiary/aromatic N) is 3. The molecule has 0 spiro atoms. The Morgan fingerprint density at radius 1 is 1.18 bits per heavy atom. The second-order valence-corrected chi connectivity index (χ2v) is 8.38. The fourth-order valence-corrected chi connectivity index (χ4v) is 4.66. The van der Waals surface area contributed by atoms with Gasteiger partial charge in [-0.3, -0.25) is 4.79 Å². The monoisotopic (exact) mass is 482 g/mol. The second kappa shape index (κ2) is 8.69. The van der Waals surface area contributed by atoms with E-state index in [1.807, 2.05) is 6.92 Å². The first kappa shape index (κ1) is 22.3. The predicted molar refractivity (Wildman–Crippen MR) is 128 cm³/mol. The number of ether oxygens (including phenoxy) is 2. The first-order valence-electron chi connectivity index (χ1n) is 10.5. The molecular weight excluding hydrogens is 462 g/mol. The third kappa shape index (κ3) is 3.41. The lowest BCUT2D eigenvalue weighted by atomic mass is 9.94. The fourth-order valence-electron chi connectivity index (χ4n) is 4.28. The lowest BCUT2D eigenvalue weighted by Crippen LogP contribution is -2.13. The van der Waals surface area contributed by atoms with Crippen LogP contribution in [0.25, 0.3) is 38.4 Å². The summed E-state index contributed by atoms with van der Waals surface area (Å²) in [5.41, 5.74) is 0.717. The number of aromatic amines is 1. The summed E-state index contributed by atoms with van der Waals surface area (Å²) in [6, 6.07) is 8.02. The average Bonchev–Trinajstić information content (AvgIpc) is 3.31. The number of nitrogens with one attached hydrogen (secondary N) is 1. The molecule has 5 aromatic rings. The molecule has 0 amide bonds. The molecule has 10 heteroatoms. The SMILES string of the molecule is CCc1c(F)ccc2cc(OCOC)cc(-c3c(F)c4nc(SC)[nH]c(=O)c4c4ccnn34)c12. The van der Waals surface area contributed by atoms with Crippen molar-refractivity contribution in [1.29, 1.82) is 0 Å². The molecule has 0 aliphatic rings. The third-order valence-electron chi connectivity index (χ3n) is 5.71. The van der Waals surface area contributed by atoms with Crippen molar-refractivity contribution in [2.24, 2.45) is 0 Å². The number of halogens is 2. The van der Waals surface area contributed by atoms with Gasteiger partial charge in [-0.1, -0.05) is 24.8 Å². The summed E-state index contributed by atoms with van der Waals surface area (Å²) >= 11 is 1.20. The van der Waals surface area contributed by atoms with E-state index < -0.39 is 11.4 Å². The van der Waals surface area contributed by atoms with Crippen LogP contribution < -0.4 is 10.3 Å². The molecule has 5 rings (SSSR count). The van der Waals surface area contributed by atoms with E-state index in [0.29, 0.717) is 39.6 Å². The summed E-state index contributed by atoms with van der Waals surface area (Å²) in [4.78, 5) is 19.8. The molecule has 0 saturated heterocycles. The van der Waals surface area contributed by atoms with E-state index in [4.69, 9.17) is 9.47 Å². The number of aromatic nitrogens is 4. The fraction of sp³-hybridized carbons (Fsp3) is 0.208. The van der Waals surface area contributed by atoms with Gasteiger partial charge in [0, 0.05) is 12.7 Å².